The number of halogens is 1. The highest BCUT2D eigenvalue weighted by Crippen LogP contribution is 2.24. The summed E-state index contributed by atoms with van der Waals surface area (Å²) in [6.45, 7) is 3.80. The van der Waals surface area contributed by atoms with Gasteiger partial charge in [-0.1, -0.05) is 0 Å². The number of furan rings is 1. The molecule has 0 aliphatic carbocycles. The van der Waals surface area contributed by atoms with Gasteiger partial charge < -0.3 is 15.5 Å². The molecule has 5 heteroatoms. The molecule has 3 N–H and O–H groups in total. The number of carbonyl (C=O) groups is 1. The first-order valence-electron chi connectivity index (χ1n) is 5.41. The molecule has 1 aromatic heterocycles. The van der Waals surface area contributed by atoms with Gasteiger partial charge in [0, 0.05) is 11.4 Å². The standard InChI is InChI=1S/C13H13BrN2O2/c1-7-5-9(15)6-8(2)12(7)16-13(17)10-3-4-11(14)18-10/h3-6H,15H2,1-2H3,(H,16,17). The van der Waals surface area contributed by atoms with E-state index >= 15 is 0 Å². The van der Waals surface area contributed by atoms with Gasteiger partial charge in [0.15, 0.2) is 10.4 Å². The highest BCUT2D eigenvalue weighted by Gasteiger charge is 2.13. The molecular formula is C13H13BrN2O2. The fourth-order valence-electron chi connectivity index (χ4n) is 1.81. The lowest BCUT2D eigenvalue weighted by atomic mass is 10.1. The molecule has 4 nitrogen and oxygen atoms in total. The van der Waals surface area contributed by atoms with Crippen LogP contribution >= 0.6 is 15.9 Å². The summed E-state index contributed by atoms with van der Waals surface area (Å²) >= 11 is 3.16. The van der Waals surface area contributed by atoms with Crippen LogP contribution in [-0.4, -0.2) is 5.91 Å². The van der Waals surface area contributed by atoms with Gasteiger partial charge in [0.2, 0.25) is 0 Å². The van der Waals surface area contributed by atoms with E-state index in [0.29, 0.717) is 10.4 Å². The van der Waals surface area contributed by atoms with Crippen molar-refractivity contribution in [1.29, 1.82) is 0 Å². The average Bonchev–Trinajstić information content (AvgIpc) is 2.70. The van der Waals surface area contributed by atoms with Crippen molar-refractivity contribution in [3.63, 3.8) is 0 Å². The fourth-order valence-corrected chi connectivity index (χ4v) is 2.11. The normalized spacial score (nSPS) is 10.4. The molecule has 2 rings (SSSR count). The summed E-state index contributed by atoms with van der Waals surface area (Å²) in [6, 6.07) is 6.93. The lowest BCUT2D eigenvalue weighted by molar-refractivity contribution is 0.0995. The van der Waals surface area contributed by atoms with Crippen molar-refractivity contribution < 1.29 is 9.21 Å². The number of nitrogen functional groups attached to an aromatic ring is 1. The first-order valence-corrected chi connectivity index (χ1v) is 6.20. The Morgan fingerprint density at radius 2 is 1.89 bits per heavy atom. The maximum Gasteiger partial charge on any atom is 0.291 e. The largest absolute Gasteiger partial charge is 0.444 e. The molecule has 18 heavy (non-hydrogen) atoms. The van der Waals surface area contributed by atoms with Crippen LogP contribution in [0.2, 0.25) is 0 Å². The molecule has 1 aromatic carbocycles. The van der Waals surface area contributed by atoms with Gasteiger partial charge in [0.1, 0.15) is 0 Å². The third-order valence-corrected chi connectivity index (χ3v) is 3.02. The predicted octanol–water partition coefficient (Wildman–Crippen LogP) is 3.49. The molecular weight excluding hydrogens is 296 g/mol. The zero-order valence-corrected chi connectivity index (χ0v) is 11.7. The fraction of sp³-hybridized carbons (Fsp3) is 0.154. The van der Waals surface area contributed by atoms with Gasteiger partial charge >= 0.3 is 0 Å². The Morgan fingerprint density at radius 1 is 1.28 bits per heavy atom. The second-order valence-electron chi connectivity index (χ2n) is 4.09. The van der Waals surface area contributed by atoms with Gasteiger partial charge in [-0.3, -0.25) is 4.79 Å². The van der Waals surface area contributed by atoms with Crippen LogP contribution < -0.4 is 11.1 Å². The third-order valence-electron chi connectivity index (χ3n) is 2.59. The van der Waals surface area contributed by atoms with Crippen LogP contribution in [0.5, 0.6) is 0 Å². The van der Waals surface area contributed by atoms with Crippen LogP contribution in [-0.2, 0) is 0 Å². The van der Waals surface area contributed by atoms with Gasteiger partial charge in [0.25, 0.3) is 5.91 Å². The van der Waals surface area contributed by atoms with E-state index in [1.807, 2.05) is 26.0 Å². The molecule has 0 unspecified atom stereocenters. The van der Waals surface area contributed by atoms with Crippen molar-refractivity contribution in [3.05, 3.63) is 45.8 Å². The Kier molecular flexibility index (Phi) is 3.43. The van der Waals surface area contributed by atoms with Crippen molar-refractivity contribution in [2.75, 3.05) is 11.1 Å². The van der Waals surface area contributed by atoms with E-state index in [0.717, 1.165) is 16.8 Å². The van der Waals surface area contributed by atoms with Crippen LogP contribution in [0.15, 0.2) is 33.4 Å². The van der Waals surface area contributed by atoms with Crippen molar-refractivity contribution in [1.82, 2.24) is 0 Å². The van der Waals surface area contributed by atoms with Crippen LogP contribution in [0, 0.1) is 13.8 Å². The Balaban J connectivity index is 2.27. The van der Waals surface area contributed by atoms with Crippen LogP contribution in [0.1, 0.15) is 21.7 Å². The number of carbonyl (C=O) groups excluding carboxylic acids is 1. The number of benzene rings is 1. The van der Waals surface area contributed by atoms with Gasteiger partial charge in [-0.2, -0.15) is 0 Å². The summed E-state index contributed by atoms with van der Waals surface area (Å²) in [5.41, 5.74) is 9.03. The zero-order valence-electron chi connectivity index (χ0n) is 10.1. The molecule has 94 valence electrons. The number of hydrogen-bond donors (Lipinski definition) is 2. The van der Waals surface area contributed by atoms with Gasteiger partial charge in [-0.15, -0.1) is 0 Å². The number of nitrogens with two attached hydrogens (primary N) is 1. The molecule has 0 atom stereocenters. The second kappa shape index (κ2) is 4.86. The summed E-state index contributed by atoms with van der Waals surface area (Å²) in [6.07, 6.45) is 0. The first-order chi connectivity index (χ1) is 8.47. The van der Waals surface area contributed by atoms with E-state index in [1.54, 1.807) is 12.1 Å². The number of amides is 1. The number of hydrogen-bond acceptors (Lipinski definition) is 3. The molecule has 2 aromatic rings. The SMILES string of the molecule is Cc1cc(N)cc(C)c1NC(=O)c1ccc(Br)o1. The molecule has 0 aliphatic rings. The molecule has 0 saturated heterocycles. The van der Waals surface area contributed by atoms with Crippen LogP contribution in [0.25, 0.3) is 0 Å². The quantitative estimate of drug-likeness (QED) is 0.834. The predicted molar refractivity (Wildman–Crippen MR) is 74.7 cm³/mol. The third kappa shape index (κ3) is 2.56. The number of anilines is 2. The Hall–Kier alpha value is -1.75. The Morgan fingerprint density at radius 3 is 2.39 bits per heavy atom. The van der Waals surface area contributed by atoms with Gasteiger partial charge in [0.05, 0.1) is 0 Å². The molecule has 1 amide bonds. The lowest BCUT2D eigenvalue weighted by Gasteiger charge is -2.11. The molecule has 0 saturated carbocycles. The summed E-state index contributed by atoms with van der Waals surface area (Å²) in [5.74, 6) is -0.0193. The van der Waals surface area contributed by atoms with E-state index in [-0.39, 0.29) is 11.7 Å². The summed E-state index contributed by atoms with van der Waals surface area (Å²) in [7, 11) is 0. The minimum atomic E-state index is -0.281. The topological polar surface area (TPSA) is 68.3 Å². The number of nitrogens with one attached hydrogen (secondary N) is 1. The van der Waals surface area contributed by atoms with Crippen LogP contribution in [0.4, 0.5) is 11.4 Å². The van der Waals surface area contributed by atoms with E-state index in [1.165, 1.54) is 0 Å². The van der Waals surface area contributed by atoms with E-state index < -0.39 is 0 Å². The van der Waals surface area contributed by atoms with Crippen molar-refractivity contribution in [2.45, 2.75) is 13.8 Å². The highest BCUT2D eigenvalue weighted by atomic mass is 79.9. The average molecular weight is 309 g/mol. The molecule has 0 radical (unpaired) electrons. The van der Waals surface area contributed by atoms with Crippen LogP contribution in [0.3, 0.4) is 0 Å². The molecule has 0 fully saturated rings. The molecule has 0 spiro atoms. The first kappa shape index (κ1) is 12.7. The van der Waals surface area contributed by atoms with E-state index in [4.69, 9.17) is 10.2 Å². The number of aryl methyl sites for hydroxylation is 2. The molecule has 0 bridgehead atoms. The Labute approximate surface area is 113 Å². The lowest BCUT2D eigenvalue weighted by Crippen LogP contribution is -2.13. The number of rotatable bonds is 2. The summed E-state index contributed by atoms with van der Waals surface area (Å²) in [4.78, 5) is 12.0. The van der Waals surface area contributed by atoms with Crippen molar-refractivity contribution in [2.24, 2.45) is 0 Å². The molecule has 1 heterocycles. The summed E-state index contributed by atoms with van der Waals surface area (Å²) < 4.78 is 5.73. The maximum absolute atomic E-state index is 12.0. The summed E-state index contributed by atoms with van der Waals surface area (Å²) in [5, 5.41) is 2.83. The second-order valence-corrected chi connectivity index (χ2v) is 4.87. The monoisotopic (exact) mass is 308 g/mol. The zero-order chi connectivity index (χ0) is 13.3. The van der Waals surface area contributed by atoms with E-state index in [2.05, 4.69) is 21.2 Å². The maximum atomic E-state index is 12.0. The van der Waals surface area contributed by atoms with Crippen molar-refractivity contribution >= 4 is 33.2 Å². The van der Waals surface area contributed by atoms with Crippen molar-refractivity contribution in [3.8, 4) is 0 Å². The van der Waals surface area contributed by atoms with Gasteiger partial charge in [-0.25, -0.2) is 0 Å². The minimum absolute atomic E-state index is 0.262. The smallest absolute Gasteiger partial charge is 0.291 e. The van der Waals surface area contributed by atoms with Gasteiger partial charge in [-0.05, 0) is 65.2 Å². The molecule has 0 aliphatic heterocycles. The van der Waals surface area contributed by atoms with E-state index in [9.17, 15) is 4.79 Å². The highest BCUT2D eigenvalue weighted by molar-refractivity contribution is 9.10. The minimum Gasteiger partial charge on any atom is -0.444 e. The Bertz CT molecular complexity index is 582.